The summed E-state index contributed by atoms with van der Waals surface area (Å²) in [5, 5.41) is 0.284. The van der Waals surface area contributed by atoms with Gasteiger partial charge in [-0.15, -0.1) is 0 Å². The Balaban J connectivity index is 3.22. The molecule has 0 saturated carbocycles. The van der Waals surface area contributed by atoms with E-state index >= 15 is 0 Å². The van der Waals surface area contributed by atoms with Gasteiger partial charge in [0.25, 0.3) is 11.4 Å². The third-order valence-electron chi connectivity index (χ3n) is 2.88. The molecule has 23 heavy (non-hydrogen) atoms. The highest BCUT2D eigenvalue weighted by atomic mass is 35.5. The number of rotatable bonds is 7. The van der Waals surface area contributed by atoms with E-state index in [0.29, 0.717) is 6.42 Å². The first-order valence-electron chi connectivity index (χ1n) is 7.46. The predicted octanol–water partition coefficient (Wildman–Crippen LogP) is 4.88. The fourth-order valence-corrected chi connectivity index (χ4v) is 4.57. The van der Waals surface area contributed by atoms with Crippen LogP contribution < -0.4 is 5.30 Å². The Kier molecular flexibility index (Phi) is 7.15. The summed E-state index contributed by atoms with van der Waals surface area (Å²) in [6.07, 6.45) is 1.52. The molecule has 0 radical (unpaired) electrons. The molecule has 1 rings (SSSR count). The van der Waals surface area contributed by atoms with Gasteiger partial charge in [-0.05, 0) is 39.3 Å². The average molecular weight is 381 g/mol. The summed E-state index contributed by atoms with van der Waals surface area (Å²) in [5.74, 6) is -0.975. The highest BCUT2D eigenvalue weighted by Gasteiger charge is 2.56. The van der Waals surface area contributed by atoms with Gasteiger partial charge in [-0.1, -0.05) is 54.7 Å². The monoisotopic (exact) mass is 380 g/mol. The zero-order valence-corrected chi connectivity index (χ0v) is 16.3. The summed E-state index contributed by atoms with van der Waals surface area (Å²) in [6.45, 7) is 7.20. The van der Waals surface area contributed by atoms with Crippen LogP contribution in [0, 0.1) is 0 Å². The van der Waals surface area contributed by atoms with Crippen molar-refractivity contribution in [2.75, 3.05) is 6.61 Å². The predicted molar refractivity (Wildman–Crippen MR) is 94.8 cm³/mol. The molecule has 0 fully saturated rings. The maximum absolute atomic E-state index is 13.5. The van der Waals surface area contributed by atoms with Crippen LogP contribution in [-0.4, -0.2) is 22.3 Å². The van der Waals surface area contributed by atoms with Crippen molar-refractivity contribution in [3.05, 3.63) is 30.3 Å². The molecule has 1 atom stereocenters. The van der Waals surface area contributed by atoms with Crippen molar-refractivity contribution in [1.29, 1.82) is 0 Å². The Morgan fingerprint density at radius 3 is 2.22 bits per heavy atom. The molecule has 1 aromatic carbocycles. The second-order valence-corrected chi connectivity index (χ2v) is 10.5. The van der Waals surface area contributed by atoms with Gasteiger partial charge in [-0.2, -0.15) is 0 Å². The molecule has 1 unspecified atom stereocenters. The number of benzene rings is 1. The number of ether oxygens (including phenoxy) is 1. The minimum absolute atomic E-state index is 0.187. The second-order valence-electron chi connectivity index (χ2n) is 6.12. The molecule has 0 saturated heterocycles. The third kappa shape index (κ3) is 5.22. The van der Waals surface area contributed by atoms with E-state index in [2.05, 4.69) is 0 Å². The number of carbonyl (C=O) groups is 1. The van der Waals surface area contributed by atoms with E-state index in [1.165, 1.54) is 0 Å². The number of esters is 1. The molecule has 0 bridgehead atoms. The van der Waals surface area contributed by atoms with Crippen LogP contribution in [0.25, 0.3) is 0 Å². The van der Waals surface area contributed by atoms with Crippen molar-refractivity contribution in [3.8, 4) is 0 Å². The van der Waals surface area contributed by atoms with Gasteiger partial charge in [0.05, 0.1) is 6.61 Å². The van der Waals surface area contributed by atoms with E-state index in [4.69, 9.17) is 32.5 Å². The molecule has 0 amide bonds. The van der Waals surface area contributed by atoms with Gasteiger partial charge in [-0.25, -0.2) is 4.79 Å². The largest absolute Gasteiger partial charge is 0.457 e. The van der Waals surface area contributed by atoms with E-state index < -0.39 is 23.0 Å². The van der Waals surface area contributed by atoms with Crippen molar-refractivity contribution in [2.24, 2.45) is 0 Å². The summed E-state index contributed by atoms with van der Waals surface area (Å²) in [4.78, 5) is 12.4. The number of alkyl halides is 2. The summed E-state index contributed by atoms with van der Waals surface area (Å²) >= 11 is 12.4. The zero-order valence-electron chi connectivity index (χ0n) is 13.8. The lowest BCUT2D eigenvalue weighted by atomic mass is 10.2. The lowest BCUT2D eigenvalue weighted by molar-refractivity contribution is -0.153. The fourth-order valence-electron chi connectivity index (χ4n) is 1.74. The maximum Gasteiger partial charge on any atom is 0.353 e. The molecule has 0 N–H and O–H groups in total. The Bertz CT molecular complexity index is 567. The van der Waals surface area contributed by atoms with E-state index in [1.54, 1.807) is 51.1 Å². The second kappa shape index (κ2) is 8.02. The Morgan fingerprint density at radius 1 is 1.17 bits per heavy atom. The Hall–Kier alpha value is -0.540. The molecular weight excluding hydrogens is 358 g/mol. The molecule has 130 valence electrons. The number of carbonyl (C=O) groups excluding carboxylic acids is 1. The van der Waals surface area contributed by atoms with Gasteiger partial charge in [0.15, 0.2) is 0 Å². The highest BCUT2D eigenvalue weighted by molar-refractivity contribution is 7.73. The molecule has 0 spiro atoms. The van der Waals surface area contributed by atoms with Crippen LogP contribution >= 0.6 is 30.6 Å². The number of unbranched alkanes of at least 4 members (excludes halogenated alkanes) is 1. The standard InChI is InChI=1S/C16H23Cl2O4P/c1-5-6-12-21-23(20,13-10-8-7-9-11-13)16(17,18)14(19)22-15(2,3)4/h7-11H,5-6,12H2,1-4H3. The smallest absolute Gasteiger partial charge is 0.353 e. The molecule has 0 aliphatic heterocycles. The number of halogens is 2. The summed E-state index contributed by atoms with van der Waals surface area (Å²) in [5.41, 5.74) is -0.808. The van der Waals surface area contributed by atoms with Gasteiger partial charge in [0.2, 0.25) is 0 Å². The van der Waals surface area contributed by atoms with Crippen LogP contribution in [0.1, 0.15) is 40.5 Å². The first kappa shape index (κ1) is 20.5. The molecule has 0 aliphatic carbocycles. The van der Waals surface area contributed by atoms with Crippen LogP contribution in [0.2, 0.25) is 0 Å². The van der Waals surface area contributed by atoms with Crippen LogP contribution in [0.5, 0.6) is 0 Å². The third-order valence-corrected chi connectivity index (χ3v) is 6.97. The van der Waals surface area contributed by atoms with Crippen LogP contribution in [0.3, 0.4) is 0 Å². The number of hydrogen-bond acceptors (Lipinski definition) is 4. The van der Waals surface area contributed by atoms with Crippen molar-refractivity contribution < 1.29 is 18.6 Å². The minimum Gasteiger partial charge on any atom is -0.457 e. The van der Waals surface area contributed by atoms with Gasteiger partial charge in [0.1, 0.15) is 5.60 Å². The first-order chi connectivity index (χ1) is 10.5. The molecule has 0 aliphatic rings. The summed E-state index contributed by atoms with van der Waals surface area (Å²) < 4.78 is 21.9. The molecule has 1 aromatic rings. The quantitative estimate of drug-likeness (QED) is 0.292. The zero-order chi connectivity index (χ0) is 17.7. The maximum atomic E-state index is 13.5. The average Bonchev–Trinajstić information content (AvgIpc) is 2.46. The van der Waals surface area contributed by atoms with Crippen molar-refractivity contribution in [3.63, 3.8) is 0 Å². The molecule has 0 heterocycles. The van der Waals surface area contributed by atoms with E-state index in [9.17, 15) is 9.36 Å². The Morgan fingerprint density at radius 2 is 1.74 bits per heavy atom. The first-order valence-corrected chi connectivity index (χ1v) is 9.84. The van der Waals surface area contributed by atoms with Gasteiger partial charge >= 0.3 is 5.97 Å². The van der Waals surface area contributed by atoms with E-state index in [0.717, 1.165) is 6.42 Å². The molecule has 0 aromatic heterocycles. The molecule has 7 heteroatoms. The molecule has 4 nitrogen and oxygen atoms in total. The lowest BCUT2D eigenvalue weighted by Crippen LogP contribution is -2.38. The van der Waals surface area contributed by atoms with E-state index in [-0.39, 0.29) is 11.9 Å². The summed E-state index contributed by atoms with van der Waals surface area (Å²) in [7, 11) is -3.89. The van der Waals surface area contributed by atoms with Crippen molar-refractivity contribution in [1.82, 2.24) is 0 Å². The van der Waals surface area contributed by atoms with Crippen LogP contribution in [0.4, 0.5) is 0 Å². The van der Waals surface area contributed by atoms with Crippen molar-refractivity contribution in [2.45, 2.75) is 50.2 Å². The summed E-state index contributed by atoms with van der Waals surface area (Å²) in [6, 6.07) is 8.29. The molecular formula is C16H23Cl2O4P. The van der Waals surface area contributed by atoms with Gasteiger partial charge < -0.3 is 9.26 Å². The van der Waals surface area contributed by atoms with Crippen LogP contribution in [0.15, 0.2) is 30.3 Å². The number of hydrogen-bond donors (Lipinski definition) is 0. The van der Waals surface area contributed by atoms with Gasteiger partial charge in [-0.3, -0.25) is 4.57 Å². The normalized spacial score (nSPS) is 15.0. The Labute approximate surface area is 147 Å². The topological polar surface area (TPSA) is 52.6 Å². The lowest BCUT2D eigenvalue weighted by Gasteiger charge is -2.31. The van der Waals surface area contributed by atoms with E-state index in [1.807, 2.05) is 6.92 Å². The fraction of sp³-hybridized carbons (Fsp3) is 0.562. The van der Waals surface area contributed by atoms with Gasteiger partial charge in [0, 0.05) is 5.30 Å². The highest BCUT2D eigenvalue weighted by Crippen LogP contribution is 2.63. The SMILES string of the molecule is CCCCOP(=O)(c1ccccc1)C(Cl)(Cl)C(=O)OC(C)(C)C. The van der Waals surface area contributed by atoms with Crippen LogP contribution in [-0.2, 0) is 18.6 Å². The minimum atomic E-state index is -3.89. The van der Waals surface area contributed by atoms with Crippen molar-refractivity contribution >= 4 is 41.8 Å².